The van der Waals surface area contributed by atoms with Crippen molar-refractivity contribution in [2.75, 3.05) is 27.7 Å². The molecule has 6 nitrogen and oxygen atoms in total. The molecule has 0 aliphatic heterocycles. The van der Waals surface area contributed by atoms with Crippen molar-refractivity contribution in [1.82, 2.24) is 5.32 Å². The number of carbonyl (C=O) groups is 2. The van der Waals surface area contributed by atoms with E-state index in [1.165, 1.54) is 30.6 Å². The molecule has 0 fully saturated rings. The zero-order chi connectivity index (χ0) is 22.9. The summed E-state index contributed by atoms with van der Waals surface area (Å²) in [6.45, 7) is 2.70. The number of furan rings is 1. The molecule has 168 valence electrons. The van der Waals surface area contributed by atoms with Gasteiger partial charge in [0, 0.05) is 4.88 Å². The van der Waals surface area contributed by atoms with E-state index in [4.69, 9.17) is 9.52 Å². The predicted molar refractivity (Wildman–Crippen MR) is 123 cm³/mol. The summed E-state index contributed by atoms with van der Waals surface area (Å²) in [6.07, 6.45) is 5.92. The Morgan fingerprint density at radius 2 is 1.90 bits per heavy atom. The summed E-state index contributed by atoms with van der Waals surface area (Å²) in [7, 11) is 5.84. The molecule has 0 saturated heterocycles. The molecule has 7 heteroatoms. The first kappa shape index (κ1) is 24.7. The van der Waals surface area contributed by atoms with Crippen LogP contribution in [-0.4, -0.2) is 55.2 Å². The van der Waals surface area contributed by atoms with Crippen molar-refractivity contribution in [3.8, 4) is 11.8 Å². The normalized spacial score (nSPS) is 12.1. The monoisotopic (exact) mass is 445 g/mol. The summed E-state index contributed by atoms with van der Waals surface area (Å²) in [6, 6.07) is 6.87. The largest absolute Gasteiger partial charge is 0.481 e. The minimum absolute atomic E-state index is 0.129. The minimum atomic E-state index is -0.953. The van der Waals surface area contributed by atoms with Crippen LogP contribution in [-0.2, 0) is 11.2 Å². The first-order valence-electron chi connectivity index (χ1n) is 10.7. The van der Waals surface area contributed by atoms with Crippen molar-refractivity contribution in [2.24, 2.45) is 0 Å². The number of carboxylic acid groups (broad SMARTS) is 1. The number of thiophene rings is 1. The number of carbonyl (C=O) groups excluding carboxylic acids is 1. The third-order valence-electron chi connectivity index (χ3n) is 4.60. The summed E-state index contributed by atoms with van der Waals surface area (Å²) >= 11 is 1.69. The lowest BCUT2D eigenvalue weighted by Crippen LogP contribution is -2.49. The van der Waals surface area contributed by atoms with Crippen LogP contribution in [0.2, 0.25) is 0 Å². The highest BCUT2D eigenvalue weighted by Gasteiger charge is 2.24. The van der Waals surface area contributed by atoms with E-state index in [0.29, 0.717) is 16.8 Å². The summed E-state index contributed by atoms with van der Waals surface area (Å²) < 4.78 is 6.10. The second kappa shape index (κ2) is 11.7. The molecule has 2 N–H and O–H groups in total. The summed E-state index contributed by atoms with van der Waals surface area (Å²) in [5, 5.41) is 11.9. The molecule has 1 atom stereocenters. The smallest absolute Gasteiger partial charge is 0.305 e. The predicted octanol–water partition coefficient (Wildman–Crippen LogP) is 4.14. The molecule has 0 bridgehead atoms. The fourth-order valence-corrected chi connectivity index (χ4v) is 4.15. The van der Waals surface area contributed by atoms with Crippen LogP contribution in [0.3, 0.4) is 0 Å². The summed E-state index contributed by atoms with van der Waals surface area (Å²) in [5.74, 6) is 5.21. The number of hydrogen-bond acceptors (Lipinski definition) is 4. The lowest BCUT2D eigenvalue weighted by atomic mass is 10.1. The summed E-state index contributed by atoms with van der Waals surface area (Å²) in [5.41, 5.74) is 0. The van der Waals surface area contributed by atoms with Crippen molar-refractivity contribution in [1.29, 1.82) is 0 Å². The molecule has 0 aliphatic rings. The van der Waals surface area contributed by atoms with Gasteiger partial charge in [-0.25, -0.2) is 0 Å². The topological polar surface area (TPSA) is 79.5 Å². The zero-order valence-electron chi connectivity index (χ0n) is 18.9. The third-order valence-corrected chi connectivity index (χ3v) is 5.66. The van der Waals surface area contributed by atoms with Crippen molar-refractivity contribution in [3.63, 3.8) is 0 Å². The Bertz CT molecular complexity index is 927. The molecule has 2 aromatic rings. The second-order valence-electron chi connectivity index (χ2n) is 8.73. The van der Waals surface area contributed by atoms with Gasteiger partial charge in [-0.1, -0.05) is 26.2 Å². The number of likely N-dealkylation sites (N-methyl/N-ethyl adjacent to an activating group) is 1. The highest BCUT2D eigenvalue weighted by Crippen LogP contribution is 2.19. The van der Waals surface area contributed by atoms with Crippen LogP contribution >= 0.6 is 11.3 Å². The number of nitrogens with one attached hydrogen (secondary N) is 1. The SMILES string of the molecule is CCCCCCc1ccc(C#Cc2ccc(C(=O)N[C@H](CC(=O)O)C[N+](C)(C)C)o2)s1. The number of aryl methyl sites for hydroxylation is 1. The number of rotatable bonds is 11. The first-order chi connectivity index (χ1) is 14.7. The maximum atomic E-state index is 12.5. The number of nitrogens with zero attached hydrogens (tertiary/aromatic N) is 1. The van der Waals surface area contributed by atoms with E-state index in [1.807, 2.05) is 27.2 Å². The van der Waals surface area contributed by atoms with E-state index in [-0.39, 0.29) is 12.2 Å². The van der Waals surface area contributed by atoms with Crippen molar-refractivity contribution in [2.45, 2.75) is 51.5 Å². The van der Waals surface area contributed by atoms with Gasteiger partial charge >= 0.3 is 5.97 Å². The molecule has 0 spiro atoms. The summed E-state index contributed by atoms with van der Waals surface area (Å²) in [4.78, 5) is 25.9. The maximum absolute atomic E-state index is 12.5. The van der Waals surface area contributed by atoms with Crippen LogP contribution in [0.1, 0.15) is 65.1 Å². The lowest BCUT2D eigenvalue weighted by molar-refractivity contribution is -0.871. The van der Waals surface area contributed by atoms with Gasteiger partial charge in [0.25, 0.3) is 5.91 Å². The lowest BCUT2D eigenvalue weighted by Gasteiger charge is -2.28. The van der Waals surface area contributed by atoms with Gasteiger partial charge < -0.3 is 19.3 Å². The van der Waals surface area contributed by atoms with Crippen LogP contribution in [0, 0.1) is 11.8 Å². The maximum Gasteiger partial charge on any atom is 0.305 e. The highest BCUT2D eigenvalue weighted by molar-refractivity contribution is 7.12. The Morgan fingerprint density at radius 1 is 1.13 bits per heavy atom. The Labute approximate surface area is 188 Å². The molecular weight excluding hydrogens is 412 g/mol. The number of hydrogen-bond donors (Lipinski definition) is 2. The van der Waals surface area contributed by atoms with Crippen LogP contribution in [0.5, 0.6) is 0 Å². The van der Waals surface area contributed by atoms with Gasteiger partial charge in [-0.15, -0.1) is 11.3 Å². The van der Waals surface area contributed by atoms with E-state index in [2.05, 4.69) is 30.1 Å². The molecule has 0 radical (unpaired) electrons. The molecular formula is C24H33N2O4S+. The number of unbranched alkanes of at least 4 members (excludes halogenated alkanes) is 3. The fourth-order valence-electron chi connectivity index (χ4n) is 3.25. The van der Waals surface area contributed by atoms with Gasteiger partial charge in [-0.2, -0.15) is 0 Å². The molecule has 2 aromatic heterocycles. The Hall–Kier alpha value is -2.56. The third kappa shape index (κ3) is 9.41. The van der Waals surface area contributed by atoms with Crippen molar-refractivity contribution < 1.29 is 23.6 Å². The van der Waals surface area contributed by atoms with Crippen molar-refractivity contribution in [3.05, 3.63) is 45.5 Å². The van der Waals surface area contributed by atoms with E-state index in [0.717, 1.165) is 11.3 Å². The van der Waals surface area contributed by atoms with Crippen LogP contribution in [0.4, 0.5) is 0 Å². The molecule has 0 saturated carbocycles. The molecule has 0 unspecified atom stereocenters. The fraction of sp³-hybridized carbons (Fsp3) is 0.500. The minimum Gasteiger partial charge on any atom is -0.481 e. The molecule has 0 aromatic carbocycles. The number of amides is 1. The van der Waals surface area contributed by atoms with Gasteiger partial charge in [-0.05, 0) is 48.9 Å². The van der Waals surface area contributed by atoms with Gasteiger partial charge in [0.1, 0.15) is 0 Å². The second-order valence-corrected chi connectivity index (χ2v) is 9.90. The van der Waals surface area contributed by atoms with Crippen LogP contribution in [0.15, 0.2) is 28.7 Å². The first-order valence-corrected chi connectivity index (χ1v) is 11.5. The van der Waals surface area contributed by atoms with E-state index in [9.17, 15) is 9.59 Å². The molecule has 2 rings (SSSR count). The van der Waals surface area contributed by atoms with Crippen LogP contribution < -0.4 is 5.32 Å². The molecule has 0 aliphatic carbocycles. The van der Waals surface area contributed by atoms with E-state index >= 15 is 0 Å². The van der Waals surface area contributed by atoms with Gasteiger partial charge in [-0.3, -0.25) is 9.59 Å². The number of quaternary nitrogens is 1. The molecule has 1 amide bonds. The van der Waals surface area contributed by atoms with E-state index in [1.54, 1.807) is 23.5 Å². The quantitative estimate of drug-likeness (QED) is 0.309. The highest BCUT2D eigenvalue weighted by atomic mass is 32.1. The number of aliphatic carboxylic acids is 1. The number of carboxylic acids is 1. The zero-order valence-corrected chi connectivity index (χ0v) is 19.7. The van der Waals surface area contributed by atoms with Crippen molar-refractivity contribution >= 4 is 23.2 Å². The Morgan fingerprint density at radius 3 is 2.58 bits per heavy atom. The average molecular weight is 446 g/mol. The molecule has 2 heterocycles. The van der Waals surface area contributed by atoms with Gasteiger partial charge in [0.05, 0.1) is 45.0 Å². The van der Waals surface area contributed by atoms with Gasteiger partial charge in [0.15, 0.2) is 11.5 Å². The Kier molecular flexibility index (Phi) is 9.35. The van der Waals surface area contributed by atoms with Gasteiger partial charge in [0.2, 0.25) is 0 Å². The van der Waals surface area contributed by atoms with Crippen LogP contribution in [0.25, 0.3) is 0 Å². The van der Waals surface area contributed by atoms with E-state index < -0.39 is 17.9 Å². The Balaban J connectivity index is 1.96. The molecule has 31 heavy (non-hydrogen) atoms. The standard InChI is InChI=1S/C24H32N2O4S/c1-5-6-7-8-9-20-13-14-21(31-20)12-10-19-11-15-22(30-19)24(29)25-18(16-23(27)28)17-26(2,3)4/h11,13-15,18H,5-9,16-17H2,1-4H3,(H-,25,27,28,29)/p+1/t18-/m1/s1. The average Bonchev–Trinajstić information content (AvgIpc) is 3.31.